The molecule has 0 aliphatic rings. The van der Waals surface area contributed by atoms with Crippen molar-refractivity contribution in [3.8, 4) is 5.75 Å². The van der Waals surface area contributed by atoms with Crippen LogP contribution in [0.2, 0.25) is 5.02 Å². The molecule has 1 unspecified atom stereocenters. The number of carbonyl (C=O) groups excluding carboxylic acids is 1. The van der Waals surface area contributed by atoms with E-state index in [9.17, 15) is 14.7 Å². The van der Waals surface area contributed by atoms with Crippen molar-refractivity contribution in [1.82, 2.24) is 5.32 Å². The zero-order valence-electron chi connectivity index (χ0n) is 13.0. The van der Waals surface area contributed by atoms with Gasteiger partial charge in [-0.2, -0.15) is 0 Å². The van der Waals surface area contributed by atoms with Crippen molar-refractivity contribution in [2.75, 3.05) is 7.11 Å². The SMILES string of the molecule is COc1ccc(Cl)cc1CC(NC(=O)OC(C)(C)C)C(=O)O. The third-order valence-electron chi connectivity index (χ3n) is 2.66. The monoisotopic (exact) mass is 329 g/mol. The molecule has 0 bridgehead atoms. The largest absolute Gasteiger partial charge is 0.496 e. The lowest BCUT2D eigenvalue weighted by atomic mass is 10.0. The zero-order valence-corrected chi connectivity index (χ0v) is 13.7. The van der Waals surface area contributed by atoms with Gasteiger partial charge in [0.05, 0.1) is 7.11 Å². The van der Waals surface area contributed by atoms with Crippen LogP contribution in [0.3, 0.4) is 0 Å². The van der Waals surface area contributed by atoms with Crippen molar-refractivity contribution in [3.63, 3.8) is 0 Å². The van der Waals surface area contributed by atoms with E-state index in [4.69, 9.17) is 21.1 Å². The Labute approximate surface area is 134 Å². The van der Waals surface area contributed by atoms with Gasteiger partial charge in [-0.3, -0.25) is 0 Å². The molecular weight excluding hydrogens is 310 g/mol. The van der Waals surface area contributed by atoms with Gasteiger partial charge in [0.15, 0.2) is 0 Å². The molecule has 0 radical (unpaired) electrons. The predicted octanol–water partition coefficient (Wildman–Crippen LogP) is 2.87. The highest BCUT2D eigenvalue weighted by Gasteiger charge is 2.25. The summed E-state index contributed by atoms with van der Waals surface area (Å²) in [4.78, 5) is 23.1. The second-order valence-electron chi connectivity index (χ2n) is 5.70. The van der Waals surface area contributed by atoms with E-state index >= 15 is 0 Å². The number of hydrogen-bond acceptors (Lipinski definition) is 4. The molecule has 22 heavy (non-hydrogen) atoms. The molecule has 1 rings (SSSR count). The Bertz CT molecular complexity index is 553. The normalized spacial score (nSPS) is 12.4. The average molecular weight is 330 g/mol. The fraction of sp³-hybridized carbons (Fsp3) is 0.467. The van der Waals surface area contributed by atoms with Crippen molar-refractivity contribution in [2.45, 2.75) is 38.8 Å². The van der Waals surface area contributed by atoms with Gasteiger partial charge in [0.25, 0.3) is 0 Å². The first-order valence-corrected chi connectivity index (χ1v) is 7.05. The molecule has 0 aliphatic heterocycles. The molecule has 0 saturated carbocycles. The summed E-state index contributed by atoms with van der Waals surface area (Å²) in [5.41, 5.74) is -0.126. The Morgan fingerprint density at radius 1 is 1.36 bits per heavy atom. The fourth-order valence-electron chi connectivity index (χ4n) is 1.78. The van der Waals surface area contributed by atoms with E-state index in [0.717, 1.165) is 0 Å². The van der Waals surface area contributed by atoms with Crippen molar-refractivity contribution >= 4 is 23.7 Å². The van der Waals surface area contributed by atoms with Gasteiger partial charge in [-0.15, -0.1) is 0 Å². The molecule has 0 spiro atoms. The number of ether oxygens (including phenoxy) is 2. The Balaban J connectivity index is 2.87. The van der Waals surface area contributed by atoms with Crippen molar-refractivity contribution < 1.29 is 24.2 Å². The van der Waals surface area contributed by atoms with Crippen LogP contribution in [0.1, 0.15) is 26.3 Å². The Morgan fingerprint density at radius 2 is 2.00 bits per heavy atom. The maximum absolute atomic E-state index is 11.7. The summed E-state index contributed by atoms with van der Waals surface area (Å²) in [5.74, 6) is -0.672. The number of carbonyl (C=O) groups is 2. The second kappa shape index (κ2) is 7.35. The first-order chi connectivity index (χ1) is 10.1. The van der Waals surface area contributed by atoms with Crippen LogP contribution in [0, 0.1) is 0 Å². The molecule has 1 aromatic rings. The van der Waals surface area contributed by atoms with Crippen LogP contribution < -0.4 is 10.1 Å². The van der Waals surface area contributed by atoms with Gasteiger partial charge in [0.1, 0.15) is 17.4 Å². The third kappa shape index (κ3) is 5.81. The van der Waals surface area contributed by atoms with Gasteiger partial charge < -0.3 is 19.9 Å². The summed E-state index contributed by atoms with van der Waals surface area (Å²) < 4.78 is 10.2. The molecule has 0 heterocycles. The zero-order chi connectivity index (χ0) is 16.9. The van der Waals surface area contributed by atoms with E-state index in [-0.39, 0.29) is 6.42 Å². The number of methoxy groups -OCH3 is 1. The van der Waals surface area contributed by atoms with Crippen molar-refractivity contribution in [1.29, 1.82) is 0 Å². The number of benzene rings is 1. The highest BCUT2D eigenvalue weighted by molar-refractivity contribution is 6.30. The fourth-order valence-corrected chi connectivity index (χ4v) is 1.97. The van der Waals surface area contributed by atoms with E-state index in [1.54, 1.807) is 39.0 Å². The van der Waals surface area contributed by atoms with Gasteiger partial charge >= 0.3 is 12.1 Å². The first kappa shape index (κ1) is 18.1. The number of hydrogen-bond donors (Lipinski definition) is 2. The quantitative estimate of drug-likeness (QED) is 0.867. The highest BCUT2D eigenvalue weighted by atomic mass is 35.5. The molecule has 7 heteroatoms. The Hall–Kier alpha value is -1.95. The molecule has 6 nitrogen and oxygen atoms in total. The molecule has 1 aromatic carbocycles. The van der Waals surface area contributed by atoms with Crippen LogP contribution in [0.5, 0.6) is 5.75 Å². The summed E-state index contributed by atoms with van der Waals surface area (Å²) in [7, 11) is 1.48. The van der Waals surface area contributed by atoms with Crippen molar-refractivity contribution in [2.24, 2.45) is 0 Å². The predicted molar refractivity (Wildman–Crippen MR) is 82.5 cm³/mol. The van der Waals surface area contributed by atoms with Crippen LogP contribution in [-0.4, -0.2) is 35.9 Å². The van der Waals surface area contributed by atoms with Crippen LogP contribution in [-0.2, 0) is 16.0 Å². The molecule has 122 valence electrons. The van der Waals surface area contributed by atoms with Gasteiger partial charge in [-0.25, -0.2) is 9.59 Å². The number of aliphatic carboxylic acids is 1. The minimum Gasteiger partial charge on any atom is -0.496 e. The summed E-state index contributed by atoms with van der Waals surface area (Å²) in [5, 5.41) is 12.1. The molecule has 1 atom stereocenters. The minimum absolute atomic E-state index is 0.0261. The average Bonchev–Trinajstić information content (AvgIpc) is 2.35. The van der Waals surface area contributed by atoms with Crippen molar-refractivity contribution in [3.05, 3.63) is 28.8 Å². The highest BCUT2D eigenvalue weighted by Crippen LogP contribution is 2.24. The maximum atomic E-state index is 11.7. The van der Waals surface area contributed by atoms with Gasteiger partial charge in [-0.05, 0) is 44.5 Å². The lowest BCUT2D eigenvalue weighted by Crippen LogP contribution is -2.44. The number of halogens is 1. The smallest absolute Gasteiger partial charge is 0.408 e. The van der Waals surface area contributed by atoms with E-state index in [0.29, 0.717) is 16.3 Å². The molecule has 2 N–H and O–H groups in total. The number of nitrogens with one attached hydrogen (secondary N) is 1. The second-order valence-corrected chi connectivity index (χ2v) is 6.13. The molecule has 0 saturated heterocycles. The summed E-state index contributed by atoms with van der Waals surface area (Å²) >= 11 is 5.91. The summed E-state index contributed by atoms with van der Waals surface area (Å²) in [6.07, 6.45) is -0.765. The number of amides is 1. The molecule has 0 aliphatic carbocycles. The van der Waals surface area contributed by atoms with Crippen LogP contribution in [0.25, 0.3) is 0 Å². The Morgan fingerprint density at radius 3 is 2.50 bits per heavy atom. The van der Waals surface area contributed by atoms with E-state index in [2.05, 4.69) is 5.32 Å². The number of rotatable bonds is 5. The van der Waals surface area contributed by atoms with E-state index < -0.39 is 23.7 Å². The Kier molecular flexibility index (Phi) is 6.05. The van der Waals surface area contributed by atoms with Crippen LogP contribution in [0.15, 0.2) is 18.2 Å². The molecule has 0 fully saturated rings. The molecule has 1 amide bonds. The standard InChI is InChI=1S/C15H20ClNO5/c1-15(2,3)22-14(20)17-11(13(18)19)8-9-7-10(16)5-6-12(9)21-4/h5-7,11H,8H2,1-4H3,(H,17,20)(H,18,19). The number of carboxylic acid groups (broad SMARTS) is 1. The topological polar surface area (TPSA) is 84.9 Å². The third-order valence-corrected chi connectivity index (χ3v) is 2.89. The van der Waals surface area contributed by atoms with Gasteiger partial charge in [0, 0.05) is 11.4 Å². The number of carboxylic acids is 1. The lowest BCUT2D eigenvalue weighted by Gasteiger charge is -2.22. The first-order valence-electron chi connectivity index (χ1n) is 6.67. The van der Waals surface area contributed by atoms with Gasteiger partial charge in [-0.1, -0.05) is 11.6 Å². The molecule has 0 aromatic heterocycles. The van der Waals surface area contributed by atoms with Crippen LogP contribution in [0.4, 0.5) is 4.79 Å². The maximum Gasteiger partial charge on any atom is 0.408 e. The minimum atomic E-state index is -1.17. The lowest BCUT2D eigenvalue weighted by molar-refractivity contribution is -0.139. The van der Waals surface area contributed by atoms with Crippen LogP contribution >= 0.6 is 11.6 Å². The summed E-state index contributed by atoms with van der Waals surface area (Å²) in [6, 6.07) is 3.74. The van der Waals surface area contributed by atoms with E-state index in [1.165, 1.54) is 7.11 Å². The summed E-state index contributed by atoms with van der Waals surface area (Å²) in [6.45, 7) is 5.09. The van der Waals surface area contributed by atoms with E-state index in [1.807, 2.05) is 0 Å². The van der Waals surface area contributed by atoms with Gasteiger partial charge in [0.2, 0.25) is 0 Å². The number of alkyl carbamates (subject to hydrolysis) is 1. The molecular formula is C15H20ClNO5.